The van der Waals surface area contributed by atoms with E-state index in [4.69, 9.17) is 0 Å². The van der Waals surface area contributed by atoms with Crippen LogP contribution >= 0.6 is 15.9 Å². The first-order chi connectivity index (χ1) is 7.65. The molecule has 0 aliphatic heterocycles. The molecule has 0 bridgehead atoms. The molecular formula is C10H6BrF2N3. The van der Waals surface area contributed by atoms with Crippen LogP contribution in [-0.2, 0) is 0 Å². The minimum Gasteiger partial charge on any atom is -0.322 e. The fourth-order valence-electron chi connectivity index (χ4n) is 1.09. The lowest BCUT2D eigenvalue weighted by molar-refractivity contribution is 0.603. The number of nitrogens with zero attached hydrogens (tertiary/aromatic N) is 2. The van der Waals surface area contributed by atoms with E-state index in [0.717, 1.165) is 18.2 Å². The molecule has 0 spiro atoms. The van der Waals surface area contributed by atoms with Gasteiger partial charge in [0.15, 0.2) is 0 Å². The monoisotopic (exact) mass is 285 g/mol. The van der Waals surface area contributed by atoms with Gasteiger partial charge in [-0.05, 0) is 28.1 Å². The van der Waals surface area contributed by atoms with E-state index in [0.29, 0.717) is 4.47 Å². The van der Waals surface area contributed by atoms with Gasteiger partial charge in [0.25, 0.3) is 0 Å². The quantitative estimate of drug-likeness (QED) is 0.920. The minimum atomic E-state index is -0.562. The van der Waals surface area contributed by atoms with Crippen LogP contribution in [0.15, 0.2) is 35.1 Å². The predicted octanol–water partition coefficient (Wildman–Crippen LogP) is 3.26. The van der Waals surface area contributed by atoms with Gasteiger partial charge in [-0.2, -0.15) is 0 Å². The van der Waals surface area contributed by atoms with Crippen LogP contribution in [0, 0.1) is 11.6 Å². The molecule has 2 rings (SSSR count). The van der Waals surface area contributed by atoms with Crippen molar-refractivity contribution in [2.75, 3.05) is 5.32 Å². The zero-order valence-electron chi connectivity index (χ0n) is 7.92. The Hall–Kier alpha value is -1.56. The lowest BCUT2D eigenvalue weighted by Crippen LogP contribution is -1.98. The Balaban J connectivity index is 2.26. The van der Waals surface area contributed by atoms with E-state index in [1.54, 1.807) is 0 Å². The van der Waals surface area contributed by atoms with E-state index < -0.39 is 11.6 Å². The van der Waals surface area contributed by atoms with Crippen LogP contribution < -0.4 is 5.32 Å². The van der Waals surface area contributed by atoms with Gasteiger partial charge in [-0.3, -0.25) is 0 Å². The standard InChI is InChI=1S/C10H6BrF2N3/c11-6-4-14-10(15-5-6)16-9-3-7(12)1-2-8(9)13/h1-5H,(H,14,15,16). The van der Waals surface area contributed by atoms with Crippen molar-refractivity contribution in [1.29, 1.82) is 0 Å². The Labute approximate surface area is 98.7 Å². The van der Waals surface area contributed by atoms with Gasteiger partial charge < -0.3 is 5.32 Å². The molecule has 1 aromatic carbocycles. The van der Waals surface area contributed by atoms with Crippen LogP contribution in [0.3, 0.4) is 0 Å². The van der Waals surface area contributed by atoms with Gasteiger partial charge in [-0.15, -0.1) is 0 Å². The molecule has 0 radical (unpaired) electrons. The molecule has 0 saturated heterocycles. The predicted molar refractivity (Wildman–Crippen MR) is 59.4 cm³/mol. The Bertz CT molecular complexity index is 502. The maximum Gasteiger partial charge on any atom is 0.227 e. The highest BCUT2D eigenvalue weighted by molar-refractivity contribution is 9.10. The van der Waals surface area contributed by atoms with Crippen molar-refractivity contribution in [3.8, 4) is 0 Å². The summed E-state index contributed by atoms with van der Waals surface area (Å²) in [6, 6.07) is 3.13. The van der Waals surface area contributed by atoms with Crippen LogP contribution in [0.5, 0.6) is 0 Å². The van der Waals surface area contributed by atoms with Crippen LogP contribution in [0.25, 0.3) is 0 Å². The van der Waals surface area contributed by atoms with Crippen molar-refractivity contribution in [1.82, 2.24) is 9.97 Å². The number of benzene rings is 1. The van der Waals surface area contributed by atoms with E-state index >= 15 is 0 Å². The van der Waals surface area contributed by atoms with Crippen LogP contribution in [0.2, 0.25) is 0 Å². The molecular weight excluding hydrogens is 280 g/mol. The summed E-state index contributed by atoms with van der Waals surface area (Å²) in [5, 5.41) is 2.58. The summed E-state index contributed by atoms with van der Waals surface area (Å²) in [7, 11) is 0. The van der Waals surface area contributed by atoms with Crippen molar-refractivity contribution in [2.24, 2.45) is 0 Å². The Morgan fingerprint density at radius 2 is 1.81 bits per heavy atom. The van der Waals surface area contributed by atoms with Gasteiger partial charge in [0.1, 0.15) is 11.6 Å². The molecule has 0 aliphatic carbocycles. The van der Waals surface area contributed by atoms with Crippen molar-refractivity contribution < 1.29 is 8.78 Å². The van der Waals surface area contributed by atoms with Gasteiger partial charge in [-0.1, -0.05) is 0 Å². The molecule has 0 amide bonds. The zero-order chi connectivity index (χ0) is 11.5. The number of nitrogens with one attached hydrogen (secondary N) is 1. The fraction of sp³-hybridized carbons (Fsp3) is 0. The van der Waals surface area contributed by atoms with Gasteiger partial charge in [-0.25, -0.2) is 18.7 Å². The summed E-state index contributed by atoms with van der Waals surface area (Å²) in [4.78, 5) is 7.77. The Morgan fingerprint density at radius 3 is 2.50 bits per heavy atom. The summed E-state index contributed by atoms with van der Waals surface area (Å²) < 4.78 is 26.8. The zero-order valence-corrected chi connectivity index (χ0v) is 9.50. The molecule has 82 valence electrons. The highest BCUT2D eigenvalue weighted by Gasteiger charge is 2.05. The fourth-order valence-corrected chi connectivity index (χ4v) is 1.30. The average Bonchev–Trinajstić information content (AvgIpc) is 2.27. The molecule has 6 heteroatoms. The maximum atomic E-state index is 13.2. The van der Waals surface area contributed by atoms with E-state index in [-0.39, 0.29) is 11.6 Å². The second-order valence-corrected chi connectivity index (χ2v) is 3.89. The SMILES string of the molecule is Fc1ccc(F)c(Nc2ncc(Br)cn2)c1. The highest BCUT2D eigenvalue weighted by Crippen LogP contribution is 2.18. The van der Waals surface area contributed by atoms with Crippen molar-refractivity contribution >= 4 is 27.6 Å². The molecule has 0 aliphatic rings. The molecule has 2 aromatic rings. The van der Waals surface area contributed by atoms with E-state index in [1.807, 2.05) is 0 Å². The molecule has 3 nitrogen and oxygen atoms in total. The van der Waals surface area contributed by atoms with Crippen molar-refractivity contribution in [3.05, 3.63) is 46.7 Å². The average molecular weight is 286 g/mol. The molecule has 0 atom stereocenters. The summed E-state index contributed by atoms with van der Waals surface area (Å²) in [6.07, 6.45) is 3.01. The summed E-state index contributed by atoms with van der Waals surface area (Å²) >= 11 is 3.17. The lowest BCUT2D eigenvalue weighted by atomic mass is 10.3. The first kappa shape index (κ1) is 10.9. The number of aromatic nitrogens is 2. The van der Waals surface area contributed by atoms with Gasteiger partial charge in [0.05, 0.1) is 10.2 Å². The maximum absolute atomic E-state index is 13.2. The first-order valence-electron chi connectivity index (χ1n) is 4.35. The van der Waals surface area contributed by atoms with E-state index in [9.17, 15) is 8.78 Å². The van der Waals surface area contributed by atoms with E-state index in [2.05, 4.69) is 31.2 Å². The third-order valence-corrected chi connectivity index (χ3v) is 2.20. The van der Waals surface area contributed by atoms with Crippen LogP contribution in [-0.4, -0.2) is 9.97 Å². The second kappa shape index (κ2) is 4.52. The lowest BCUT2D eigenvalue weighted by Gasteiger charge is -2.05. The summed E-state index contributed by atoms with van der Waals surface area (Å²) in [6.45, 7) is 0. The minimum absolute atomic E-state index is 0.00215. The number of hydrogen-bond donors (Lipinski definition) is 1. The number of anilines is 2. The first-order valence-corrected chi connectivity index (χ1v) is 5.14. The molecule has 0 fully saturated rings. The molecule has 0 unspecified atom stereocenters. The van der Waals surface area contributed by atoms with Crippen LogP contribution in [0.1, 0.15) is 0 Å². The van der Waals surface area contributed by atoms with Gasteiger partial charge in [0.2, 0.25) is 5.95 Å². The van der Waals surface area contributed by atoms with E-state index in [1.165, 1.54) is 12.4 Å². The molecule has 0 saturated carbocycles. The Morgan fingerprint density at radius 1 is 1.12 bits per heavy atom. The third kappa shape index (κ3) is 2.52. The topological polar surface area (TPSA) is 37.8 Å². The van der Waals surface area contributed by atoms with Gasteiger partial charge >= 0.3 is 0 Å². The molecule has 1 heterocycles. The Kier molecular flexibility index (Phi) is 3.09. The summed E-state index contributed by atoms with van der Waals surface area (Å²) in [5.41, 5.74) is 0.00215. The van der Waals surface area contributed by atoms with Crippen LogP contribution in [0.4, 0.5) is 20.4 Å². The highest BCUT2D eigenvalue weighted by atomic mass is 79.9. The smallest absolute Gasteiger partial charge is 0.227 e. The van der Waals surface area contributed by atoms with Crippen molar-refractivity contribution in [2.45, 2.75) is 0 Å². The number of rotatable bonds is 2. The van der Waals surface area contributed by atoms with Gasteiger partial charge in [0, 0.05) is 18.5 Å². The largest absolute Gasteiger partial charge is 0.322 e. The molecule has 1 N–H and O–H groups in total. The second-order valence-electron chi connectivity index (χ2n) is 2.97. The summed E-state index contributed by atoms with van der Waals surface area (Å²) in [5.74, 6) is -0.887. The molecule has 16 heavy (non-hydrogen) atoms. The number of halogens is 3. The third-order valence-electron chi connectivity index (χ3n) is 1.80. The molecule has 1 aromatic heterocycles. The normalized spacial score (nSPS) is 10.2. The number of hydrogen-bond acceptors (Lipinski definition) is 3. The van der Waals surface area contributed by atoms with Crippen molar-refractivity contribution in [3.63, 3.8) is 0 Å².